The number of fused-ring (bicyclic) bond motifs is 1. The lowest BCUT2D eigenvalue weighted by atomic mass is 10.1. The number of rotatable bonds is 6. The minimum atomic E-state index is -0.121. The highest BCUT2D eigenvalue weighted by Crippen LogP contribution is 2.33. The van der Waals surface area contributed by atoms with Gasteiger partial charge in [0.25, 0.3) is 0 Å². The van der Waals surface area contributed by atoms with E-state index in [1.807, 2.05) is 25.1 Å². The summed E-state index contributed by atoms with van der Waals surface area (Å²) >= 11 is 0. The second-order valence-corrected chi connectivity index (χ2v) is 5.72. The maximum atomic E-state index is 12.5. The first-order valence-corrected chi connectivity index (χ1v) is 8.64. The summed E-state index contributed by atoms with van der Waals surface area (Å²) in [5, 5.41) is 0. The second-order valence-electron chi connectivity index (χ2n) is 5.72. The van der Waals surface area contributed by atoms with Gasteiger partial charge in [-0.2, -0.15) is 0 Å². The van der Waals surface area contributed by atoms with E-state index in [1.54, 1.807) is 31.4 Å². The quantitative estimate of drug-likeness (QED) is 0.576. The van der Waals surface area contributed by atoms with Crippen LogP contribution in [0.1, 0.15) is 29.3 Å². The predicted octanol–water partition coefficient (Wildman–Crippen LogP) is 4.15. The molecule has 0 spiro atoms. The highest BCUT2D eigenvalue weighted by Gasteiger charge is 2.13. The molecule has 0 atom stereocenters. The van der Waals surface area contributed by atoms with Crippen molar-refractivity contribution in [2.45, 2.75) is 13.3 Å². The van der Waals surface area contributed by atoms with Crippen LogP contribution in [0.2, 0.25) is 0 Å². The Hall–Kier alpha value is -2.95. The summed E-state index contributed by atoms with van der Waals surface area (Å²) in [5.74, 6) is 2.42. The van der Waals surface area contributed by atoms with Crippen molar-refractivity contribution in [3.05, 3.63) is 53.6 Å². The number of carbonyl (C=O) groups is 1. The van der Waals surface area contributed by atoms with Crippen LogP contribution in [-0.4, -0.2) is 32.7 Å². The van der Waals surface area contributed by atoms with Gasteiger partial charge in [-0.25, -0.2) is 0 Å². The third-order valence-electron chi connectivity index (χ3n) is 3.96. The Bertz CT molecular complexity index is 810. The number of para-hydroxylation sites is 1. The lowest BCUT2D eigenvalue weighted by Crippen LogP contribution is -1.99. The number of hydrogen-bond acceptors (Lipinski definition) is 5. The third kappa shape index (κ3) is 3.99. The van der Waals surface area contributed by atoms with Gasteiger partial charge in [-0.1, -0.05) is 12.1 Å². The molecule has 0 aliphatic carbocycles. The van der Waals surface area contributed by atoms with E-state index in [1.165, 1.54) is 6.08 Å². The van der Waals surface area contributed by atoms with E-state index < -0.39 is 0 Å². The van der Waals surface area contributed by atoms with Crippen molar-refractivity contribution in [1.82, 2.24) is 0 Å². The van der Waals surface area contributed by atoms with Gasteiger partial charge in [-0.3, -0.25) is 4.79 Å². The number of benzene rings is 2. The minimum absolute atomic E-state index is 0.121. The van der Waals surface area contributed by atoms with E-state index in [0.29, 0.717) is 48.4 Å². The van der Waals surface area contributed by atoms with Gasteiger partial charge in [0.2, 0.25) is 0 Å². The second kappa shape index (κ2) is 8.43. The predicted molar refractivity (Wildman–Crippen MR) is 99.6 cm³/mol. The van der Waals surface area contributed by atoms with E-state index >= 15 is 0 Å². The van der Waals surface area contributed by atoms with Crippen LogP contribution in [0.5, 0.6) is 23.0 Å². The monoisotopic (exact) mass is 354 g/mol. The van der Waals surface area contributed by atoms with E-state index in [0.717, 1.165) is 12.0 Å². The van der Waals surface area contributed by atoms with E-state index in [9.17, 15) is 4.79 Å². The van der Waals surface area contributed by atoms with Crippen LogP contribution in [0.4, 0.5) is 0 Å². The Balaban J connectivity index is 1.82. The summed E-state index contributed by atoms with van der Waals surface area (Å²) in [4.78, 5) is 12.5. The topological polar surface area (TPSA) is 54.0 Å². The Morgan fingerprint density at radius 3 is 2.73 bits per heavy atom. The molecule has 0 fully saturated rings. The van der Waals surface area contributed by atoms with E-state index in [4.69, 9.17) is 18.9 Å². The molecule has 0 radical (unpaired) electrons. The minimum Gasteiger partial charge on any atom is -0.492 e. The van der Waals surface area contributed by atoms with Gasteiger partial charge < -0.3 is 18.9 Å². The van der Waals surface area contributed by atoms with Crippen LogP contribution in [0.3, 0.4) is 0 Å². The zero-order valence-corrected chi connectivity index (χ0v) is 15.0. The fraction of sp³-hybridized carbons (Fsp3) is 0.286. The van der Waals surface area contributed by atoms with Crippen molar-refractivity contribution in [3.8, 4) is 23.0 Å². The Morgan fingerprint density at radius 1 is 1.15 bits per heavy atom. The molecule has 2 aromatic carbocycles. The molecule has 0 N–H and O–H groups in total. The molecule has 0 saturated carbocycles. The molecule has 3 rings (SSSR count). The molecule has 2 aromatic rings. The van der Waals surface area contributed by atoms with Gasteiger partial charge in [0.15, 0.2) is 28.8 Å². The molecule has 0 saturated heterocycles. The average molecular weight is 354 g/mol. The lowest BCUT2D eigenvalue weighted by Gasteiger charge is -2.11. The van der Waals surface area contributed by atoms with Crippen molar-refractivity contribution in [1.29, 1.82) is 0 Å². The standard InChI is InChI=1S/C21H22O5/c1-3-24-19-7-4-6-15(21(19)23-2)8-10-17(22)16-9-11-18-20(14-16)26-13-5-12-25-18/h4,6-11,14H,3,5,12-13H2,1-2H3. The molecule has 0 amide bonds. The Morgan fingerprint density at radius 2 is 1.96 bits per heavy atom. The van der Waals surface area contributed by atoms with Crippen molar-refractivity contribution in [3.63, 3.8) is 0 Å². The third-order valence-corrected chi connectivity index (χ3v) is 3.96. The Labute approximate surface area is 153 Å². The van der Waals surface area contributed by atoms with Crippen LogP contribution >= 0.6 is 0 Å². The molecular formula is C21H22O5. The van der Waals surface area contributed by atoms with Crippen LogP contribution in [-0.2, 0) is 0 Å². The highest BCUT2D eigenvalue weighted by atomic mass is 16.5. The van der Waals surface area contributed by atoms with Crippen molar-refractivity contribution in [2.24, 2.45) is 0 Å². The summed E-state index contributed by atoms with van der Waals surface area (Å²) < 4.78 is 22.2. The molecule has 5 heteroatoms. The Kier molecular flexibility index (Phi) is 5.79. The van der Waals surface area contributed by atoms with Crippen LogP contribution in [0.15, 0.2) is 42.5 Å². The van der Waals surface area contributed by atoms with Gasteiger partial charge in [-0.05, 0) is 43.3 Å². The molecular weight excluding hydrogens is 332 g/mol. The summed E-state index contributed by atoms with van der Waals surface area (Å²) in [7, 11) is 1.58. The lowest BCUT2D eigenvalue weighted by molar-refractivity contribution is 0.104. The molecule has 0 unspecified atom stereocenters. The van der Waals surface area contributed by atoms with Gasteiger partial charge in [0, 0.05) is 17.5 Å². The molecule has 0 bridgehead atoms. The zero-order chi connectivity index (χ0) is 18.4. The maximum absolute atomic E-state index is 12.5. The number of ether oxygens (including phenoxy) is 4. The normalized spacial score (nSPS) is 13.3. The fourth-order valence-corrected chi connectivity index (χ4v) is 2.73. The largest absolute Gasteiger partial charge is 0.492 e. The molecule has 1 aliphatic rings. The number of hydrogen-bond donors (Lipinski definition) is 0. The summed E-state index contributed by atoms with van der Waals surface area (Å²) in [6.45, 7) is 3.66. The first kappa shape index (κ1) is 17.9. The highest BCUT2D eigenvalue weighted by molar-refractivity contribution is 6.07. The number of ketones is 1. The molecule has 26 heavy (non-hydrogen) atoms. The smallest absolute Gasteiger partial charge is 0.185 e. The van der Waals surface area contributed by atoms with Crippen molar-refractivity contribution in [2.75, 3.05) is 26.9 Å². The SMILES string of the molecule is CCOc1cccc(C=CC(=O)c2ccc3c(c2)OCCCO3)c1OC. The van der Waals surface area contributed by atoms with Crippen LogP contribution in [0, 0.1) is 0 Å². The first-order chi connectivity index (χ1) is 12.7. The molecule has 1 heterocycles. The number of carbonyl (C=O) groups excluding carboxylic acids is 1. The summed E-state index contributed by atoms with van der Waals surface area (Å²) in [5.41, 5.74) is 1.33. The van der Waals surface area contributed by atoms with Crippen LogP contribution in [0.25, 0.3) is 6.08 Å². The summed E-state index contributed by atoms with van der Waals surface area (Å²) in [6, 6.07) is 10.8. The van der Waals surface area contributed by atoms with E-state index in [-0.39, 0.29) is 5.78 Å². The number of allylic oxidation sites excluding steroid dienone is 1. The van der Waals surface area contributed by atoms with Gasteiger partial charge in [0.1, 0.15) is 0 Å². The van der Waals surface area contributed by atoms with Gasteiger partial charge in [-0.15, -0.1) is 0 Å². The van der Waals surface area contributed by atoms with Crippen LogP contribution < -0.4 is 18.9 Å². The van der Waals surface area contributed by atoms with Gasteiger partial charge in [0.05, 0.1) is 26.9 Å². The summed E-state index contributed by atoms with van der Waals surface area (Å²) in [6.07, 6.45) is 4.08. The van der Waals surface area contributed by atoms with E-state index in [2.05, 4.69) is 0 Å². The molecule has 5 nitrogen and oxygen atoms in total. The maximum Gasteiger partial charge on any atom is 0.185 e. The fourth-order valence-electron chi connectivity index (χ4n) is 2.73. The first-order valence-electron chi connectivity index (χ1n) is 8.64. The molecule has 136 valence electrons. The zero-order valence-electron chi connectivity index (χ0n) is 15.0. The molecule has 0 aromatic heterocycles. The van der Waals surface area contributed by atoms with Crippen molar-refractivity contribution >= 4 is 11.9 Å². The average Bonchev–Trinajstić information content (AvgIpc) is 2.91. The van der Waals surface area contributed by atoms with Crippen molar-refractivity contribution < 1.29 is 23.7 Å². The number of methoxy groups -OCH3 is 1. The molecule has 1 aliphatic heterocycles. The van der Waals surface area contributed by atoms with Gasteiger partial charge >= 0.3 is 0 Å².